The molecular formula is C25H28FN3O6. The van der Waals surface area contributed by atoms with Crippen LogP contribution in [-0.2, 0) is 20.8 Å². The molecule has 0 spiro atoms. The molecule has 0 aliphatic carbocycles. The molecule has 1 N–H and O–H groups in total. The zero-order valence-corrected chi connectivity index (χ0v) is 19.6. The predicted octanol–water partition coefficient (Wildman–Crippen LogP) is 4.51. The van der Waals surface area contributed by atoms with E-state index in [1.165, 1.54) is 24.3 Å². The molecule has 1 atom stereocenters. The fraction of sp³-hybridized carbons (Fsp3) is 0.360. The third-order valence-corrected chi connectivity index (χ3v) is 4.87. The smallest absolute Gasteiger partial charge is 0.333 e. The van der Waals surface area contributed by atoms with E-state index in [2.05, 4.69) is 15.4 Å². The van der Waals surface area contributed by atoms with E-state index in [4.69, 9.17) is 18.7 Å². The lowest BCUT2D eigenvalue weighted by molar-refractivity contribution is -0.149. The number of halogens is 1. The predicted molar refractivity (Wildman–Crippen MR) is 126 cm³/mol. The van der Waals surface area contributed by atoms with Gasteiger partial charge in [-0.2, -0.15) is 0 Å². The standard InChI is InChI=1S/C25H28FN3O6/c1-3-5-13-34-29-21(24-28-27-23(35-24)18-9-11-19(26)12-10-18)16-33-20-8-6-7-17(14-20)15-22(25(30)31)32-4-2/h6-12,14,22H,3-5,13,15-16H2,1-2H3,(H,30,31). The van der Waals surface area contributed by atoms with Crippen LogP contribution in [0.15, 0.2) is 58.1 Å². The Kier molecular flexibility index (Phi) is 9.73. The Morgan fingerprint density at radius 3 is 2.69 bits per heavy atom. The summed E-state index contributed by atoms with van der Waals surface area (Å²) in [4.78, 5) is 16.8. The number of aromatic nitrogens is 2. The average molecular weight is 486 g/mol. The molecule has 1 heterocycles. The van der Waals surface area contributed by atoms with Crippen LogP contribution in [0.3, 0.4) is 0 Å². The molecule has 35 heavy (non-hydrogen) atoms. The van der Waals surface area contributed by atoms with Crippen molar-refractivity contribution in [1.82, 2.24) is 10.2 Å². The summed E-state index contributed by atoms with van der Waals surface area (Å²) in [6, 6.07) is 12.7. The molecule has 0 aliphatic heterocycles. The summed E-state index contributed by atoms with van der Waals surface area (Å²) in [7, 11) is 0. The number of carboxylic acids is 1. The lowest BCUT2D eigenvalue weighted by Crippen LogP contribution is -2.26. The topological polar surface area (TPSA) is 116 Å². The second kappa shape index (κ2) is 13.2. The first-order valence-corrected chi connectivity index (χ1v) is 11.3. The number of carboxylic acid groups (broad SMARTS) is 1. The maximum absolute atomic E-state index is 13.2. The highest BCUT2D eigenvalue weighted by atomic mass is 19.1. The number of carbonyl (C=O) groups is 1. The Bertz CT molecular complexity index is 1120. The van der Waals surface area contributed by atoms with Crippen LogP contribution in [0.2, 0.25) is 0 Å². The summed E-state index contributed by atoms with van der Waals surface area (Å²) in [6.45, 7) is 4.47. The molecule has 9 nitrogen and oxygen atoms in total. The molecule has 0 saturated heterocycles. The molecule has 0 radical (unpaired) electrons. The molecule has 3 rings (SSSR count). The van der Waals surface area contributed by atoms with Crippen LogP contribution < -0.4 is 4.74 Å². The normalized spacial score (nSPS) is 12.4. The molecule has 0 bridgehead atoms. The molecule has 0 saturated carbocycles. The van der Waals surface area contributed by atoms with Gasteiger partial charge in [-0.1, -0.05) is 30.6 Å². The monoisotopic (exact) mass is 485 g/mol. The van der Waals surface area contributed by atoms with Crippen molar-refractivity contribution < 1.29 is 33.0 Å². The average Bonchev–Trinajstić information content (AvgIpc) is 3.34. The number of aliphatic carboxylic acids is 1. The van der Waals surface area contributed by atoms with Gasteiger partial charge in [-0.15, -0.1) is 10.2 Å². The van der Waals surface area contributed by atoms with E-state index in [-0.39, 0.29) is 36.3 Å². The molecular weight excluding hydrogens is 457 g/mol. The molecule has 3 aromatic rings. The summed E-state index contributed by atoms with van der Waals surface area (Å²) in [5.41, 5.74) is 1.59. The number of nitrogens with zero attached hydrogens (tertiary/aromatic N) is 3. The van der Waals surface area contributed by atoms with Gasteiger partial charge in [-0.25, -0.2) is 9.18 Å². The molecule has 0 fully saturated rings. The number of benzene rings is 2. The van der Waals surface area contributed by atoms with E-state index in [9.17, 15) is 14.3 Å². The Morgan fingerprint density at radius 2 is 1.97 bits per heavy atom. The van der Waals surface area contributed by atoms with Gasteiger partial charge in [-0.05, 0) is 55.3 Å². The van der Waals surface area contributed by atoms with Crippen molar-refractivity contribution >= 4 is 11.7 Å². The molecule has 0 aliphatic rings. The molecule has 10 heteroatoms. The van der Waals surface area contributed by atoms with Crippen molar-refractivity contribution in [3.05, 3.63) is 65.8 Å². The third-order valence-electron chi connectivity index (χ3n) is 4.87. The van der Waals surface area contributed by atoms with Gasteiger partial charge in [0.25, 0.3) is 5.89 Å². The molecule has 0 amide bonds. The van der Waals surface area contributed by atoms with Crippen LogP contribution in [0.5, 0.6) is 5.75 Å². The van der Waals surface area contributed by atoms with Gasteiger partial charge in [0.15, 0.2) is 11.8 Å². The number of oxime groups is 1. The van der Waals surface area contributed by atoms with Crippen molar-refractivity contribution in [3.8, 4) is 17.2 Å². The summed E-state index contributed by atoms with van der Waals surface area (Å²) in [5, 5.41) is 21.5. The van der Waals surface area contributed by atoms with Crippen molar-refractivity contribution in [1.29, 1.82) is 0 Å². The van der Waals surface area contributed by atoms with E-state index in [0.717, 1.165) is 18.4 Å². The lowest BCUT2D eigenvalue weighted by atomic mass is 10.1. The Hall–Kier alpha value is -3.79. The van der Waals surface area contributed by atoms with Crippen LogP contribution in [0, 0.1) is 5.82 Å². The molecule has 186 valence electrons. The maximum atomic E-state index is 13.2. The molecule has 2 aromatic carbocycles. The molecule has 1 unspecified atom stereocenters. The SMILES string of the molecule is CCCCON=C(COc1cccc(CC(OCC)C(=O)O)c1)c1nnc(-c2ccc(F)cc2)o1. The lowest BCUT2D eigenvalue weighted by Gasteiger charge is -2.13. The van der Waals surface area contributed by atoms with Crippen molar-refractivity contribution in [2.75, 3.05) is 19.8 Å². The number of hydrogen-bond donors (Lipinski definition) is 1. The van der Waals surface area contributed by atoms with Gasteiger partial charge in [0.05, 0.1) is 0 Å². The van der Waals surface area contributed by atoms with Crippen LogP contribution in [-0.4, -0.2) is 52.9 Å². The highest BCUT2D eigenvalue weighted by molar-refractivity contribution is 5.97. The van der Waals surface area contributed by atoms with Gasteiger partial charge in [0.1, 0.15) is 24.8 Å². The summed E-state index contributed by atoms with van der Waals surface area (Å²) in [5.74, 6) is -0.572. The van der Waals surface area contributed by atoms with Crippen LogP contribution in [0.1, 0.15) is 38.1 Å². The second-order valence-corrected chi connectivity index (χ2v) is 7.57. The molecule has 1 aromatic heterocycles. The Morgan fingerprint density at radius 1 is 1.17 bits per heavy atom. The van der Waals surface area contributed by atoms with E-state index in [1.807, 2.05) is 6.92 Å². The zero-order valence-electron chi connectivity index (χ0n) is 19.6. The Labute approximate surface area is 202 Å². The van der Waals surface area contributed by atoms with Crippen molar-refractivity contribution in [2.45, 2.75) is 39.2 Å². The highest BCUT2D eigenvalue weighted by Gasteiger charge is 2.19. The quantitative estimate of drug-likeness (QED) is 0.201. The minimum absolute atomic E-state index is 0.0333. The van der Waals surface area contributed by atoms with Gasteiger partial charge in [0.2, 0.25) is 5.89 Å². The highest BCUT2D eigenvalue weighted by Crippen LogP contribution is 2.20. The minimum atomic E-state index is -1.02. The van der Waals surface area contributed by atoms with E-state index in [0.29, 0.717) is 24.5 Å². The van der Waals surface area contributed by atoms with Gasteiger partial charge in [-0.3, -0.25) is 0 Å². The van der Waals surface area contributed by atoms with Crippen molar-refractivity contribution in [3.63, 3.8) is 0 Å². The maximum Gasteiger partial charge on any atom is 0.333 e. The summed E-state index contributed by atoms with van der Waals surface area (Å²) >= 11 is 0. The third kappa shape index (κ3) is 7.89. The summed E-state index contributed by atoms with van der Waals surface area (Å²) in [6.07, 6.45) is 1.03. The van der Waals surface area contributed by atoms with Crippen LogP contribution in [0.25, 0.3) is 11.5 Å². The first-order chi connectivity index (χ1) is 17.0. The fourth-order valence-corrected chi connectivity index (χ4v) is 3.06. The van der Waals surface area contributed by atoms with Crippen LogP contribution in [0.4, 0.5) is 4.39 Å². The van der Waals surface area contributed by atoms with Crippen molar-refractivity contribution in [2.24, 2.45) is 5.16 Å². The van der Waals surface area contributed by atoms with Gasteiger partial charge < -0.3 is 23.8 Å². The van der Waals surface area contributed by atoms with Gasteiger partial charge >= 0.3 is 5.97 Å². The van der Waals surface area contributed by atoms with E-state index in [1.54, 1.807) is 31.2 Å². The number of unbranched alkanes of at least 4 members (excludes halogenated alkanes) is 1. The first-order valence-electron chi connectivity index (χ1n) is 11.3. The Balaban J connectivity index is 1.73. The first kappa shape index (κ1) is 25.8. The summed E-state index contributed by atoms with van der Waals surface area (Å²) < 4.78 is 30.1. The number of ether oxygens (including phenoxy) is 2. The van der Waals surface area contributed by atoms with Crippen LogP contribution >= 0.6 is 0 Å². The van der Waals surface area contributed by atoms with E-state index >= 15 is 0 Å². The van der Waals surface area contributed by atoms with E-state index < -0.39 is 12.1 Å². The largest absolute Gasteiger partial charge is 0.487 e. The number of hydrogen-bond acceptors (Lipinski definition) is 8. The second-order valence-electron chi connectivity index (χ2n) is 7.57. The fourth-order valence-electron chi connectivity index (χ4n) is 3.06. The van der Waals surface area contributed by atoms with Gasteiger partial charge in [0, 0.05) is 18.6 Å². The number of rotatable bonds is 14. The zero-order chi connectivity index (χ0) is 25.0. The minimum Gasteiger partial charge on any atom is -0.487 e.